The zero-order chi connectivity index (χ0) is 16.3. The molecule has 0 amide bonds. The third kappa shape index (κ3) is 8.18. The summed E-state index contributed by atoms with van der Waals surface area (Å²) in [5.74, 6) is 1.26. The summed E-state index contributed by atoms with van der Waals surface area (Å²) in [5.41, 5.74) is 0. The number of fused-ring (bicyclic) bond motifs is 2. The molecular weight excluding hydrogens is 393 g/mol. The van der Waals surface area contributed by atoms with Crippen molar-refractivity contribution >= 4 is 15.8 Å². The van der Waals surface area contributed by atoms with Gasteiger partial charge in [-0.3, -0.25) is 12.2 Å². The van der Waals surface area contributed by atoms with E-state index in [1.807, 2.05) is 0 Å². The van der Waals surface area contributed by atoms with Crippen LogP contribution in [-0.4, -0.2) is 36.0 Å². The molecule has 0 spiro atoms. The van der Waals surface area contributed by atoms with Crippen LogP contribution in [0.2, 0.25) is 0 Å². The van der Waals surface area contributed by atoms with E-state index in [1.165, 1.54) is 18.7 Å². The van der Waals surface area contributed by atoms with Gasteiger partial charge in [0.2, 0.25) is 0 Å². The maximum absolute atomic E-state index is 3.19. The van der Waals surface area contributed by atoms with Crippen molar-refractivity contribution in [3.63, 3.8) is 0 Å². The van der Waals surface area contributed by atoms with Crippen LogP contribution in [-0.2, 0) is 19.5 Å². The normalized spacial score (nSPS) is 25.3. The maximum Gasteiger partial charge on any atom is 3.00 e. The average Bonchev–Trinajstić information content (AvgIpc) is 2.98. The second kappa shape index (κ2) is 9.45. The Morgan fingerprint density at radius 3 is 1.36 bits per heavy atom. The molecule has 2 aliphatic rings. The van der Waals surface area contributed by atoms with Gasteiger partial charge in [0, 0.05) is 29.2 Å². The summed E-state index contributed by atoms with van der Waals surface area (Å²) >= 11 is 0. The van der Waals surface area contributed by atoms with Gasteiger partial charge in [-0.25, -0.2) is 0 Å². The van der Waals surface area contributed by atoms with Gasteiger partial charge in [0.05, 0.1) is 22.6 Å². The molecule has 0 saturated carbocycles. The molecule has 2 unspecified atom stereocenters. The minimum atomic E-state index is -0.134. The Morgan fingerprint density at radius 2 is 1.23 bits per heavy atom. The molecule has 0 aromatic heterocycles. The predicted molar refractivity (Wildman–Crippen MR) is 105 cm³/mol. The van der Waals surface area contributed by atoms with Gasteiger partial charge in [0.15, 0.2) is 0 Å². The second-order valence-electron chi connectivity index (χ2n) is 8.68. The van der Waals surface area contributed by atoms with Gasteiger partial charge in [0.1, 0.15) is 0 Å². The van der Waals surface area contributed by atoms with Crippen LogP contribution in [0.5, 0.6) is 0 Å². The summed E-state index contributed by atoms with van der Waals surface area (Å²) in [5, 5.41) is 1.18. The Kier molecular flexibility index (Phi) is 9.86. The SMILES string of the molecule is C[PH+](CC[PH+](C)C(C)(C)C)C(C)(C)C.[C-]1=CC2C=[C-]C1C2.[Rh+3]. The largest absolute Gasteiger partial charge is 3.00 e. The molecule has 0 heterocycles. The van der Waals surface area contributed by atoms with Crippen LogP contribution in [0.3, 0.4) is 0 Å². The number of hydrogen-bond acceptors (Lipinski definition) is 0. The molecule has 0 aliphatic heterocycles. The van der Waals surface area contributed by atoms with Crippen molar-refractivity contribution in [1.82, 2.24) is 0 Å². The summed E-state index contributed by atoms with van der Waals surface area (Å²) in [6.45, 7) is 19.4. The first-order valence-electron chi connectivity index (χ1n) is 8.34. The van der Waals surface area contributed by atoms with Crippen molar-refractivity contribution in [2.45, 2.75) is 58.3 Å². The fourth-order valence-electron chi connectivity index (χ4n) is 2.25. The molecule has 0 saturated heterocycles. The fourth-order valence-corrected chi connectivity index (χ4v) is 6.75. The van der Waals surface area contributed by atoms with E-state index in [4.69, 9.17) is 0 Å². The van der Waals surface area contributed by atoms with E-state index in [-0.39, 0.29) is 35.3 Å². The van der Waals surface area contributed by atoms with Crippen molar-refractivity contribution in [2.24, 2.45) is 11.8 Å². The Morgan fingerprint density at radius 1 is 0.864 bits per heavy atom. The molecule has 0 aromatic carbocycles. The molecule has 3 heteroatoms. The van der Waals surface area contributed by atoms with E-state index in [0.29, 0.717) is 22.1 Å². The van der Waals surface area contributed by atoms with Gasteiger partial charge < -0.3 is 18.1 Å². The molecule has 0 nitrogen and oxygen atoms in total. The van der Waals surface area contributed by atoms with Gasteiger partial charge in [-0.2, -0.15) is 0 Å². The van der Waals surface area contributed by atoms with Gasteiger partial charge in [0.25, 0.3) is 0 Å². The summed E-state index contributed by atoms with van der Waals surface area (Å²) in [7, 11) is -0.269. The number of rotatable bonds is 3. The molecule has 22 heavy (non-hydrogen) atoms. The summed E-state index contributed by atoms with van der Waals surface area (Å²) in [6, 6.07) is 0. The topological polar surface area (TPSA) is 0 Å². The van der Waals surface area contributed by atoms with Gasteiger partial charge in [-0.1, -0.05) is 12.3 Å². The summed E-state index contributed by atoms with van der Waals surface area (Å²) in [4.78, 5) is 0. The van der Waals surface area contributed by atoms with E-state index < -0.39 is 0 Å². The van der Waals surface area contributed by atoms with Gasteiger partial charge in [-0.05, 0) is 41.5 Å². The van der Waals surface area contributed by atoms with E-state index in [1.54, 1.807) is 0 Å². The molecule has 2 bridgehead atoms. The van der Waals surface area contributed by atoms with E-state index in [2.05, 4.69) is 79.2 Å². The van der Waals surface area contributed by atoms with Gasteiger partial charge >= 0.3 is 19.5 Å². The monoisotopic (exact) mass is 429 g/mol. The van der Waals surface area contributed by atoms with Crippen LogP contribution >= 0.6 is 15.8 Å². The molecule has 2 aliphatic carbocycles. The van der Waals surface area contributed by atoms with Crippen LogP contribution in [0.25, 0.3) is 0 Å². The first kappa shape index (κ1) is 23.0. The zero-order valence-electron chi connectivity index (χ0n) is 15.8. The Labute approximate surface area is 155 Å². The van der Waals surface area contributed by atoms with Crippen molar-refractivity contribution in [3.05, 3.63) is 24.3 Å². The van der Waals surface area contributed by atoms with Crippen LogP contribution in [0, 0.1) is 24.0 Å². The van der Waals surface area contributed by atoms with Crippen molar-refractivity contribution in [2.75, 3.05) is 25.7 Å². The van der Waals surface area contributed by atoms with E-state index >= 15 is 0 Å². The van der Waals surface area contributed by atoms with Gasteiger partial charge in [-0.15, -0.1) is 0 Å². The van der Waals surface area contributed by atoms with Crippen LogP contribution < -0.4 is 0 Å². The van der Waals surface area contributed by atoms with Crippen molar-refractivity contribution in [3.8, 4) is 0 Å². The number of allylic oxidation sites excluding steroid dienone is 4. The molecule has 0 radical (unpaired) electrons. The Hall–Kier alpha value is 0.963. The molecule has 0 N–H and O–H groups in total. The van der Waals surface area contributed by atoms with Crippen molar-refractivity contribution < 1.29 is 19.5 Å². The molecule has 2 atom stereocenters. The van der Waals surface area contributed by atoms with E-state index in [9.17, 15) is 0 Å². The third-order valence-corrected chi connectivity index (χ3v) is 12.6. The number of hydrogen-bond donors (Lipinski definition) is 0. The summed E-state index contributed by atoms with van der Waals surface area (Å²) in [6.07, 6.45) is 14.9. The molecule has 128 valence electrons. The second-order valence-corrected chi connectivity index (χ2v) is 15.8. The maximum atomic E-state index is 3.19. The molecule has 0 fully saturated rings. The fraction of sp³-hybridized carbons (Fsp3) is 0.789. The average molecular weight is 429 g/mol. The Balaban J connectivity index is 0.000000453. The zero-order valence-corrected chi connectivity index (χ0v) is 19.4. The van der Waals surface area contributed by atoms with Crippen molar-refractivity contribution in [1.29, 1.82) is 0 Å². The van der Waals surface area contributed by atoms with Crippen LogP contribution in [0.1, 0.15) is 48.0 Å². The minimum Gasteiger partial charge on any atom is -0.527 e. The summed E-state index contributed by atoms with van der Waals surface area (Å²) < 4.78 is 0. The third-order valence-electron chi connectivity index (χ3n) is 4.97. The van der Waals surface area contributed by atoms with Crippen LogP contribution in [0.4, 0.5) is 0 Å². The molecule has 2 rings (SSSR count). The molecular formula is C19H36P2Rh+3. The van der Waals surface area contributed by atoms with E-state index in [0.717, 1.165) is 0 Å². The smallest absolute Gasteiger partial charge is 0.527 e. The first-order chi connectivity index (χ1) is 9.50. The minimum absolute atomic E-state index is 0. The quantitative estimate of drug-likeness (QED) is 0.310. The first-order valence-corrected chi connectivity index (χ1v) is 12.8. The predicted octanol–water partition coefficient (Wildman–Crippen LogP) is 5.62. The molecule has 0 aromatic rings. The Bertz CT molecular complexity index is 326. The standard InChI is InChI=1S/C12H28P2.C7H6.Rh/c1-11(2,3)13(7)9-10-14(8)12(4,5)6;1-2-7-4-3-6(1)5-7;/h9-10H2,1-8H3;1,3,6-7H,5H2;/q;-2;+3/p+2. The van der Waals surface area contributed by atoms with Crippen LogP contribution in [0.15, 0.2) is 12.2 Å².